The first-order valence-electron chi connectivity index (χ1n) is 10.8. The minimum Gasteiger partial charge on any atom is -0.340 e. The van der Waals surface area contributed by atoms with Crippen LogP contribution in [-0.4, -0.2) is 32.4 Å². The van der Waals surface area contributed by atoms with Crippen LogP contribution in [0.2, 0.25) is 0 Å². The van der Waals surface area contributed by atoms with Gasteiger partial charge in [0.2, 0.25) is 5.91 Å². The first kappa shape index (κ1) is 22.0. The van der Waals surface area contributed by atoms with Crippen molar-refractivity contribution < 1.29 is 9.18 Å². The summed E-state index contributed by atoms with van der Waals surface area (Å²) in [6.07, 6.45) is 0. The van der Waals surface area contributed by atoms with Crippen molar-refractivity contribution in [2.45, 2.75) is 52.2 Å². The zero-order valence-corrected chi connectivity index (χ0v) is 19.2. The number of halogens is 1. The second kappa shape index (κ2) is 7.74. The number of anilines is 2. The summed E-state index contributed by atoms with van der Waals surface area (Å²) in [7, 11) is 0. The van der Waals surface area contributed by atoms with Crippen LogP contribution in [-0.2, 0) is 16.9 Å². The van der Waals surface area contributed by atoms with Gasteiger partial charge >= 0.3 is 0 Å². The Kier molecular flexibility index (Phi) is 5.33. The quantitative estimate of drug-likeness (QED) is 0.630. The zero-order chi connectivity index (χ0) is 23.3. The van der Waals surface area contributed by atoms with E-state index in [1.807, 2.05) is 45.0 Å². The molecule has 3 N–H and O–H groups in total. The highest BCUT2D eigenvalue weighted by Gasteiger charge is 2.44. The summed E-state index contributed by atoms with van der Waals surface area (Å²) in [6, 6.07) is 14.4. The van der Waals surface area contributed by atoms with Crippen LogP contribution in [0.3, 0.4) is 0 Å². The third-order valence-electron chi connectivity index (χ3n) is 5.97. The van der Waals surface area contributed by atoms with Crippen molar-refractivity contribution in [3.8, 4) is 11.3 Å². The van der Waals surface area contributed by atoms with E-state index in [9.17, 15) is 9.18 Å². The summed E-state index contributed by atoms with van der Waals surface area (Å²) in [4.78, 5) is 19.9. The van der Waals surface area contributed by atoms with Crippen LogP contribution in [0, 0.1) is 12.7 Å². The third kappa shape index (κ3) is 3.88. The molecule has 6 nitrogen and oxygen atoms in total. The molecule has 1 aliphatic heterocycles. The number of aryl methyl sites for hydroxylation is 1. The summed E-state index contributed by atoms with van der Waals surface area (Å²) in [5.41, 5.74) is 8.11. The summed E-state index contributed by atoms with van der Waals surface area (Å²) >= 11 is 0. The molecule has 1 aromatic heterocycles. The normalized spacial score (nSPS) is 15.4. The molecule has 0 spiro atoms. The standard InChI is InChI=1S/C25H30FN5O/c1-16-6-12-19(13-7-16)28-21-20(17-8-10-18(26)11-9-17)29-22-25(4,5)31(15-14-30(21)22)23(32)24(2,3)27/h6-13,28H,14-15,27H2,1-5H3. The fraction of sp³-hybridized carbons (Fsp3) is 0.360. The molecule has 7 heteroatoms. The van der Waals surface area contributed by atoms with Crippen molar-refractivity contribution in [2.24, 2.45) is 5.73 Å². The molecule has 168 valence electrons. The Labute approximate surface area is 188 Å². The van der Waals surface area contributed by atoms with Crippen LogP contribution >= 0.6 is 0 Å². The van der Waals surface area contributed by atoms with Gasteiger partial charge in [-0.05, 0) is 71.0 Å². The fourth-order valence-electron chi connectivity index (χ4n) is 4.15. The number of aromatic nitrogens is 2. The molecule has 0 aliphatic carbocycles. The van der Waals surface area contributed by atoms with E-state index in [2.05, 4.69) is 9.88 Å². The minimum atomic E-state index is -0.977. The van der Waals surface area contributed by atoms with Gasteiger partial charge < -0.3 is 20.5 Å². The van der Waals surface area contributed by atoms with Crippen LogP contribution in [0.15, 0.2) is 48.5 Å². The minimum absolute atomic E-state index is 0.117. The van der Waals surface area contributed by atoms with Gasteiger partial charge in [-0.1, -0.05) is 17.7 Å². The van der Waals surface area contributed by atoms with Crippen molar-refractivity contribution in [3.63, 3.8) is 0 Å². The number of carbonyl (C=O) groups is 1. The predicted octanol–water partition coefficient (Wildman–Crippen LogP) is 4.56. The molecule has 2 heterocycles. The van der Waals surface area contributed by atoms with Crippen molar-refractivity contribution in [3.05, 3.63) is 65.7 Å². The molecule has 0 saturated carbocycles. The monoisotopic (exact) mass is 435 g/mol. The molecule has 0 fully saturated rings. The third-order valence-corrected chi connectivity index (χ3v) is 5.97. The topological polar surface area (TPSA) is 76.2 Å². The Morgan fingerprint density at radius 3 is 2.31 bits per heavy atom. The molecule has 0 unspecified atom stereocenters. The van der Waals surface area contributed by atoms with E-state index in [0.29, 0.717) is 13.1 Å². The molecule has 0 radical (unpaired) electrons. The Bertz CT molecular complexity index is 1140. The number of hydrogen-bond donors (Lipinski definition) is 2. The molecule has 32 heavy (non-hydrogen) atoms. The molecule has 1 aliphatic rings. The first-order valence-corrected chi connectivity index (χ1v) is 10.8. The molecule has 0 bridgehead atoms. The van der Waals surface area contributed by atoms with E-state index >= 15 is 0 Å². The molecule has 3 aromatic rings. The molecule has 0 atom stereocenters. The van der Waals surface area contributed by atoms with Gasteiger partial charge in [-0.3, -0.25) is 4.79 Å². The Balaban J connectivity index is 1.84. The van der Waals surface area contributed by atoms with E-state index in [1.165, 1.54) is 17.7 Å². The van der Waals surface area contributed by atoms with Crippen molar-refractivity contribution in [2.75, 3.05) is 11.9 Å². The number of rotatable bonds is 4. The molecular formula is C25H30FN5O. The van der Waals surface area contributed by atoms with Gasteiger partial charge in [0.15, 0.2) is 0 Å². The number of carbonyl (C=O) groups excluding carboxylic acids is 1. The highest BCUT2D eigenvalue weighted by molar-refractivity contribution is 5.86. The lowest BCUT2D eigenvalue weighted by Gasteiger charge is -2.44. The number of fused-ring (bicyclic) bond motifs is 1. The number of imidazole rings is 1. The van der Waals surface area contributed by atoms with Gasteiger partial charge in [0.1, 0.15) is 23.2 Å². The van der Waals surface area contributed by atoms with Crippen molar-refractivity contribution in [1.29, 1.82) is 0 Å². The lowest BCUT2D eigenvalue weighted by atomic mass is 9.94. The number of hydrogen-bond acceptors (Lipinski definition) is 4. The van der Waals surface area contributed by atoms with Crippen LogP contribution in [0.4, 0.5) is 15.9 Å². The number of nitrogens with one attached hydrogen (secondary N) is 1. The lowest BCUT2D eigenvalue weighted by Crippen LogP contribution is -2.60. The second-order valence-electron chi connectivity index (χ2n) is 9.52. The number of benzene rings is 2. The summed E-state index contributed by atoms with van der Waals surface area (Å²) in [5.74, 6) is 1.17. The second-order valence-corrected chi connectivity index (χ2v) is 9.52. The number of nitrogens with two attached hydrogens (primary N) is 1. The molecule has 1 amide bonds. The zero-order valence-electron chi connectivity index (χ0n) is 19.2. The smallest absolute Gasteiger partial charge is 0.242 e. The SMILES string of the molecule is Cc1ccc(Nc2c(-c3ccc(F)cc3)nc3n2CCN(C(=O)C(C)(C)N)C3(C)C)cc1. The maximum atomic E-state index is 13.6. The van der Waals surface area contributed by atoms with Gasteiger partial charge in [-0.25, -0.2) is 9.37 Å². The average Bonchev–Trinajstić information content (AvgIpc) is 3.09. The van der Waals surface area contributed by atoms with Gasteiger partial charge in [0, 0.05) is 24.3 Å². The maximum absolute atomic E-state index is 13.6. The Morgan fingerprint density at radius 2 is 1.72 bits per heavy atom. The van der Waals surface area contributed by atoms with Crippen molar-refractivity contribution in [1.82, 2.24) is 14.5 Å². The predicted molar refractivity (Wildman–Crippen MR) is 125 cm³/mol. The molecule has 0 saturated heterocycles. The summed E-state index contributed by atoms with van der Waals surface area (Å²) < 4.78 is 15.7. The maximum Gasteiger partial charge on any atom is 0.242 e. The molecular weight excluding hydrogens is 405 g/mol. The number of amides is 1. The van der Waals surface area contributed by atoms with E-state index in [-0.39, 0.29) is 11.7 Å². The van der Waals surface area contributed by atoms with E-state index < -0.39 is 11.1 Å². The van der Waals surface area contributed by atoms with Crippen LogP contribution in [0.1, 0.15) is 39.1 Å². The molecule has 2 aromatic carbocycles. The average molecular weight is 436 g/mol. The summed E-state index contributed by atoms with van der Waals surface area (Å²) in [5, 5.41) is 3.51. The molecule has 4 rings (SSSR count). The van der Waals surface area contributed by atoms with E-state index in [1.54, 1.807) is 30.9 Å². The Hall–Kier alpha value is -3.19. The van der Waals surface area contributed by atoms with Crippen LogP contribution in [0.5, 0.6) is 0 Å². The largest absolute Gasteiger partial charge is 0.340 e. The van der Waals surface area contributed by atoms with Crippen molar-refractivity contribution >= 4 is 17.4 Å². The van der Waals surface area contributed by atoms with Gasteiger partial charge in [0.05, 0.1) is 11.1 Å². The highest BCUT2D eigenvalue weighted by Crippen LogP contribution is 2.40. The Morgan fingerprint density at radius 1 is 1.09 bits per heavy atom. The van der Waals surface area contributed by atoms with Crippen LogP contribution < -0.4 is 11.1 Å². The lowest BCUT2D eigenvalue weighted by molar-refractivity contribution is -0.143. The van der Waals surface area contributed by atoms with Gasteiger partial charge in [0.25, 0.3) is 0 Å². The number of nitrogens with zero attached hydrogens (tertiary/aromatic N) is 3. The van der Waals surface area contributed by atoms with Gasteiger partial charge in [-0.15, -0.1) is 0 Å². The highest BCUT2D eigenvalue weighted by atomic mass is 19.1. The van der Waals surface area contributed by atoms with E-state index in [4.69, 9.17) is 10.7 Å². The summed E-state index contributed by atoms with van der Waals surface area (Å²) in [6.45, 7) is 10.5. The van der Waals surface area contributed by atoms with E-state index in [0.717, 1.165) is 28.6 Å². The van der Waals surface area contributed by atoms with Crippen LogP contribution in [0.25, 0.3) is 11.3 Å². The first-order chi connectivity index (χ1) is 15.0. The van der Waals surface area contributed by atoms with Gasteiger partial charge in [-0.2, -0.15) is 0 Å². The fourth-order valence-corrected chi connectivity index (χ4v) is 4.15.